The molecule has 158 valence electrons. The predicted molar refractivity (Wildman–Crippen MR) is 116 cm³/mol. The van der Waals surface area contributed by atoms with Crippen LogP contribution in [-0.2, 0) is 9.53 Å². The number of hydrogen-bond donors (Lipinski definition) is 1. The van der Waals surface area contributed by atoms with Crippen molar-refractivity contribution in [1.29, 1.82) is 0 Å². The Hall–Kier alpha value is -2.66. The molecular weight excluding hydrogens is 376 g/mol. The summed E-state index contributed by atoms with van der Waals surface area (Å²) in [4.78, 5) is 29.1. The third-order valence-electron chi connectivity index (χ3n) is 6.73. The van der Waals surface area contributed by atoms with Crippen LogP contribution in [0.3, 0.4) is 0 Å². The van der Waals surface area contributed by atoms with E-state index in [1.807, 2.05) is 66.4 Å². The molecule has 0 aromatic heterocycles. The van der Waals surface area contributed by atoms with Crippen LogP contribution in [0.4, 0.5) is 0 Å². The summed E-state index contributed by atoms with van der Waals surface area (Å²) in [6, 6.07) is 17.5. The van der Waals surface area contributed by atoms with Gasteiger partial charge in [-0.15, -0.1) is 0 Å². The van der Waals surface area contributed by atoms with Crippen LogP contribution in [0.15, 0.2) is 54.6 Å². The highest BCUT2D eigenvalue weighted by molar-refractivity contribution is 6.02. The minimum atomic E-state index is -0.482. The Bertz CT molecular complexity index is 906. The monoisotopic (exact) mass is 406 g/mol. The summed E-state index contributed by atoms with van der Waals surface area (Å²) in [5.41, 5.74) is 2.09. The number of methoxy groups -OCH3 is 1. The van der Waals surface area contributed by atoms with Crippen molar-refractivity contribution in [1.82, 2.24) is 10.2 Å². The van der Waals surface area contributed by atoms with Crippen LogP contribution in [0.25, 0.3) is 0 Å². The maximum Gasteiger partial charge on any atom is 0.254 e. The van der Waals surface area contributed by atoms with Crippen molar-refractivity contribution in [2.75, 3.05) is 20.3 Å². The molecule has 0 bridgehead atoms. The molecule has 0 unspecified atom stereocenters. The zero-order valence-electron chi connectivity index (χ0n) is 17.8. The normalized spacial score (nSPS) is 20.8. The molecule has 5 heteroatoms. The van der Waals surface area contributed by atoms with Crippen molar-refractivity contribution in [3.63, 3.8) is 0 Å². The van der Waals surface area contributed by atoms with Crippen molar-refractivity contribution in [2.45, 2.75) is 50.1 Å². The van der Waals surface area contributed by atoms with Gasteiger partial charge in [0.2, 0.25) is 5.91 Å². The third-order valence-corrected chi connectivity index (χ3v) is 6.73. The van der Waals surface area contributed by atoms with Crippen LogP contribution >= 0.6 is 0 Å². The fourth-order valence-electron chi connectivity index (χ4n) is 5.30. The van der Waals surface area contributed by atoms with Crippen LogP contribution in [0.5, 0.6) is 0 Å². The van der Waals surface area contributed by atoms with E-state index in [4.69, 9.17) is 4.74 Å². The van der Waals surface area contributed by atoms with E-state index in [0.29, 0.717) is 18.7 Å². The number of amides is 2. The van der Waals surface area contributed by atoms with Crippen LogP contribution in [0, 0.1) is 0 Å². The summed E-state index contributed by atoms with van der Waals surface area (Å²) in [6.07, 6.45) is 3.73. The Morgan fingerprint density at radius 1 is 1.13 bits per heavy atom. The molecule has 1 N–H and O–H groups in total. The molecule has 1 saturated carbocycles. The first kappa shape index (κ1) is 20.6. The van der Waals surface area contributed by atoms with Gasteiger partial charge in [-0.2, -0.15) is 0 Å². The van der Waals surface area contributed by atoms with E-state index in [1.54, 1.807) is 7.11 Å². The zero-order chi connectivity index (χ0) is 21.1. The number of carbonyl (C=O) groups excluding carboxylic acids is 2. The van der Waals surface area contributed by atoms with Gasteiger partial charge in [-0.25, -0.2) is 0 Å². The summed E-state index contributed by atoms with van der Waals surface area (Å²) in [5.74, 6) is -0.364. The van der Waals surface area contributed by atoms with Crippen LogP contribution in [0.1, 0.15) is 66.1 Å². The van der Waals surface area contributed by atoms with Crippen LogP contribution in [-0.4, -0.2) is 42.5 Å². The summed E-state index contributed by atoms with van der Waals surface area (Å²) < 4.78 is 5.31. The maximum atomic E-state index is 13.8. The van der Waals surface area contributed by atoms with Crippen LogP contribution in [0.2, 0.25) is 0 Å². The van der Waals surface area contributed by atoms with Gasteiger partial charge < -0.3 is 15.0 Å². The lowest BCUT2D eigenvalue weighted by Gasteiger charge is -2.50. The second-order valence-electron chi connectivity index (χ2n) is 8.42. The summed E-state index contributed by atoms with van der Waals surface area (Å²) >= 11 is 0. The molecule has 1 aliphatic heterocycles. The summed E-state index contributed by atoms with van der Waals surface area (Å²) in [7, 11) is 1.65. The van der Waals surface area contributed by atoms with Crippen molar-refractivity contribution in [2.24, 2.45) is 0 Å². The molecule has 2 amide bonds. The number of nitrogens with zero attached hydrogens (tertiary/aromatic N) is 1. The van der Waals surface area contributed by atoms with Crippen molar-refractivity contribution >= 4 is 11.8 Å². The third kappa shape index (κ3) is 3.52. The molecule has 1 heterocycles. The fourth-order valence-corrected chi connectivity index (χ4v) is 5.30. The molecule has 2 aromatic carbocycles. The Labute approximate surface area is 178 Å². The van der Waals surface area contributed by atoms with E-state index in [9.17, 15) is 9.59 Å². The average Bonchev–Trinajstić information content (AvgIpc) is 3.24. The highest BCUT2D eigenvalue weighted by atomic mass is 16.5. The second-order valence-corrected chi connectivity index (χ2v) is 8.42. The van der Waals surface area contributed by atoms with Gasteiger partial charge in [0, 0.05) is 19.2 Å². The van der Waals surface area contributed by atoms with E-state index < -0.39 is 5.54 Å². The Morgan fingerprint density at radius 3 is 2.50 bits per heavy atom. The van der Waals surface area contributed by atoms with Crippen molar-refractivity contribution < 1.29 is 14.3 Å². The number of rotatable bonds is 6. The van der Waals surface area contributed by atoms with Gasteiger partial charge in [0.15, 0.2) is 0 Å². The Balaban J connectivity index is 1.73. The lowest BCUT2D eigenvalue weighted by Crippen LogP contribution is -2.61. The Kier molecular flexibility index (Phi) is 5.91. The smallest absolute Gasteiger partial charge is 0.254 e. The molecular formula is C25H30N2O3. The van der Waals surface area contributed by atoms with E-state index in [-0.39, 0.29) is 23.8 Å². The zero-order valence-corrected chi connectivity index (χ0v) is 17.8. The summed E-state index contributed by atoms with van der Waals surface area (Å²) in [6.45, 7) is 2.98. The average molecular weight is 407 g/mol. The molecule has 5 nitrogen and oxygen atoms in total. The number of nitrogens with one attached hydrogen (secondary N) is 1. The van der Waals surface area contributed by atoms with Gasteiger partial charge >= 0.3 is 0 Å². The molecule has 0 radical (unpaired) electrons. The largest absolute Gasteiger partial charge is 0.383 e. The number of hydrogen-bond acceptors (Lipinski definition) is 3. The van der Waals surface area contributed by atoms with Gasteiger partial charge in [-0.1, -0.05) is 61.4 Å². The second kappa shape index (κ2) is 8.60. The molecule has 2 aromatic rings. The van der Waals surface area contributed by atoms with Gasteiger partial charge in [0.1, 0.15) is 0 Å². The van der Waals surface area contributed by atoms with E-state index >= 15 is 0 Å². The highest BCUT2D eigenvalue weighted by Gasteiger charge is 2.55. The van der Waals surface area contributed by atoms with E-state index in [1.165, 1.54) is 0 Å². The van der Waals surface area contributed by atoms with Gasteiger partial charge in [0.25, 0.3) is 5.91 Å². The quantitative estimate of drug-likeness (QED) is 0.787. The minimum absolute atomic E-state index is 0.00406. The summed E-state index contributed by atoms with van der Waals surface area (Å²) in [5, 5.41) is 3.24. The predicted octanol–water partition coefficient (Wildman–Crippen LogP) is 4.06. The number of benzene rings is 2. The van der Waals surface area contributed by atoms with Gasteiger partial charge in [-0.3, -0.25) is 9.59 Å². The lowest BCUT2D eigenvalue weighted by atomic mass is 9.71. The lowest BCUT2D eigenvalue weighted by molar-refractivity contribution is -0.127. The SMILES string of the molecule is COCCN1C(=O)c2ccccc2[C@H](C(=O)N[C@H](C)c2ccccc2)C12CCCC2. The van der Waals surface area contributed by atoms with Crippen LogP contribution < -0.4 is 5.32 Å². The standard InChI is InChI=1S/C25H30N2O3/c1-18(19-10-4-3-5-11-19)26-23(28)22-20-12-6-7-13-21(20)24(29)27(16-17-30-2)25(22)14-8-9-15-25/h3-7,10-13,18,22H,8-9,14-17H2,1-2H3,(H,26,28)/t18-,22-/m1/s1. The molecule has 2 aliphatic rings. The molecule has 4 rings (SSSR count). The first-order chi connectivity index (χ1) is 14.6. The van der Waals surface area contributed by atoms with E-state index in [2.05, 4.69) is 5.32 Å². The number of ether oxygens (including phenoxy) is 1. The molecule has 2 atom stereocenters. The molecule has 1 spiro atoms. The topological polar surface area (TPSA) is 58.6 Å². The maximum absolute atomic E-state index is 13.8. The van der Waals surface area contributed by atoms with Crippen molar-refractivity contribution in [3.8, 4) is 0 Å². The van der Waals surface area contributed by atoms with Gasteiger partial charge in [0.05, 0.1) is 24.1 Å². The highest BCUT2D eigenvalue weighted by Crippen LogP contribution is 2.50. The van der Waals surface area contributed by atoms with Gasteiger partial charge in [-0.05, 0) is 37.0 Å². The first-order valence-corrected chi connectivity index (χ1v) is 10.8. The van der Waals surface area contributed by atoms with Crippen molar-refractivity contribution in [3.05, 3.63) is 71.3 Å². The number of fused-ring (bicyclic) bond motifs is 1. The molecule has 1 aliphatic carbocycles. The fraction of sp³-hybridized carbons (Fsp3) is 0.440. The first-order valence-electron chi connectivity index (χ1n) is 10.8. The molecule has 0 saturated heterocycles. The molecule has 1 fully saturated rings. The Morgan fingerprint density at radius 2 is 1.80 bits per heavy atom. The molecule has 30 heavy (non-hydrogen) atoms. The number of carbonyl (C=O) groups is 2. The minimum Gasteiger partial charge on any atom is -0.383 e. The van der Waals surface area contributed by atoms with E-state index in [0.717, 1.165) is 36.8 Å².